The maximum atomic E-state index is 11.7. The van der Waals surface area contributed by atoms with Crippen molar-refractivity contribution in [2.75, 3.05) is 60.6 Å². The van der Waals surface area contributed by atoms with Gasteiger partial charge in [0.15, 0.2) is 6.10 Å². The van der Waals surface area contributed by atoms with Crippen LogP contribution in [0.15, 0.2) is 0 Å². The first-order valence-corrected chi connectivity index (χ1v) is 8.61. The molecule has 0 saturated carbocycles. The van der Waals surface area contributed by atoms with Crippen molar-refractivity contribution in [3.8, 4) is 0 Å². The number of phosphoric ester groups is 1. The van der Waals surface area contributed by atoms with E-state index in [1.54, 1.807) is 0 Å². The number of quaternary nitrogens is 1. The number of carbonyl (C=O) groups excluding carboxylic acids is 2. The summed E-state index contributed by atoms with van der Waals surface area (Å²) in [6.45, 7) is -1.41. The normalized spacial score (nSPS) is 15.4. The van der Waals surface area contributed by atoms with Gasteiger partial charge in [0.2, 0.25) is 0 Å². The number of hydrogen-bond acceptors (Lipinski definition) is 10. The summed E-state index contributed by atoms with van der Waals surface area (Å²) in [7, 11) is 1.02. The Kier molecular flexibility index (Phi) is 10.2. The first kappa shape index (κ1) is 22.9. The van der Waals surface area contributed by atoms with Gasteiger partial charge >= 0.3 is 11.9 Å². The van der Waals surface area contributed by atoms with Crippen molar-refractivity contribution in [2.45, 2.75) is 6.10 Å². The van der Waals surface area contributed by atoms with Crippen molar-refractivity contribution in [1.82, 2.24) is 0 Å². The van der Waals surface area contributed by atoms with Crippen LogP contribution < -0.4 is 16.4 Å². The van der Waals surface area contributed by atoms with Crippen LogP contribution in [0.25, 0.3) is 0 Å². The molecule has 0 rings (SSSR count). The van der Waals surface area contributed by atoms with Crippen LogP contribution in [0.5, 0.6) is 0 Å². The Hall–Kier alpha value is -1.07. The highest BCUT2D eigenvalue weighted by Gasteiger charge is 2.20. The van der Waals surface area contributed by atoms with Crippen LogP contribution in [0.3, 0.4) is 0 Å². The summed E-state index contributed by atoms with van der Waals surface area (Å²) in [5, 5.41) is 0. The number of phosphoric acid groups is 1. The minimum atomic E-state index is -4.59. The van der Waals surface area contributed by atoms with Gasteiger partial charge in [-0.15, -0.1) is 0 Å². The van der Waals surface area contributed by atoms with Crippen LogP contribution in [-0.4, -0.2) is 83.1 Å². The molecule has 4 N–H and O–H groups in total. The number of carbonyl (C=O) groups is 2. The first-order valence-electron chi connectivity index (χ1n) is 7.15. The molecule has 0 aromatic rings. The van der Waals surface area contributed by atoms with Crippen molar-refractivity contribution in [1.29, 1.82) is 0 Å². The van der Waals surface area contributed by atoms with Gasteiger partial charge in [0.05, 0.1) is 40.8 Å². The molecule has 142 valence electrons. The number of nitrogens with zero attached hydrogens (tertiary/aromatic N) is 1. The standard InChI is InChI=1S/C12H26N3O8P/c1-15(2,3)4-5-21-24(18,19)22-9-10(23-12(17)7-14)8-20-11(16)6-13/h10H,4-9,13-14H2,1-3H3/t10-/m1/s1. The van der Waals surface area contributed by atoms with Gasteiger partial charge in [-0.05, 0) is 0 Å². The predicted molar refractivity (Wildman–Crippen MR) is 81.4 cm³/mol. The van der Waals surface area contributed by atoms with Crippen LogP contribution in [0.4, 0.5) is 0 Å². The highest BCUT2D eigenvalue weighted by atomic mass is 31.2. The third-order valence-electron chi connectivity index (χ3n) is 2.49. The lowest BCUT2D eigenvalue weighted by molar-refractivity contribution is -0.870. The van der Waals surface area contributed by atoms with E-state index in [1.165, 1.54) is 0 Å². The van der Waals surface area contributed by atoms with Crippen molar-refractivity contribution in [3.63, 3.8) is 0 Å². The van der Waals surface area contributed by atoms with Crippen molar-refractivity contribution >= 4 is 19.8 Å². The number of hydrogen-bond donors (Lipinski definition) is 2. The van der Waals surface area contributed by atoms with Gasteiger partial charge in [-0.1, -0.05) is 0 Å². The van der Waals surface area contributed by atoms with E-state index < -0.39 is 45.6 Å². The van der Waals surface area contributed by atoms with Crippen LogP contribution in [-0.2, 0) is 32.7 Å². The molecule has 0 spiro atoms. The minimum absolute atomic E-state index is 0.0698. The van der Waals surface area contributed by atoms with Crippen LogP contribution in [0, 0.1) is 0 Å². The molecule has 0 fully saturated rings. The second-order valence-corrected chi connectivity index (χ2v) is 7.20. The van der Waals surface area contributed by atoms with Gasteiger partial charge in [0.25, 0.3) is 7.82 Å². The second-order valence-electron chi connectivity index (χ2n) is 5.79. The number of ether oxygens (including phenoxy) is 2. The largest absolute Gasteiger partial charge is 0.756 e. The molecular formula is C12H26N3O8P. The lowest BCUT2D eigenvalue weighted by Crippen LogP contribution is -2.38. The van der Waals surface area contributed by atoms with E-state index in [0.29, 0.717) is 11.0 Å². The van der Waals surface area contributed by atoms with Gasteiger partial charge in [-0.2, -0.15) is 0 Å². The van der Waals surface area contributed by atoms with Gasteiger partial charge < -0.3 is 39.4 Å². The molecule has 0 aromatic heterocycles. The third-order valence-corrected chi connectivity index (χ3v) is 3.46. The van der Waals surface area contributed by atoms with Gasteiger partial charge in [0, 0.05) is 0 Å². The predicted octanol–water partition coefficient (Wildman–Crippen LogP) is -2.43. The molecule has 0 aliphatic rings. The average Bonchev–Trinajstić information content (AvgIpc) is 2.47. The molecule has 0 amide bonds. The monoisotopic (exact) mass is 371 g/mol. The molecule has 11 nitrogen and oxygen atoms in total. The SMILES string of the molecule is C[N+](C)(C)CCOP(=O)([O-])OC[C@@H](COC(=O)CN)OC(=O)CN. The Bertz CT molecular complexity index is 454. The van der Waals surface area contributed by atoms with E-state index in [1.807, 2.05) is 21.1 Å². The zero-order chi connectivity index (χ0) is 18.8. The molecule has 2 atom stereocenters. The summed E-state index contributed by atoms with van der Waals surface area (Å²) in [6, 6.07) is 0. The maximum absolute atomic E-state index is 11.7. The van der Waals surface area contributed by atoms with E-state index in [2.05, 4.69) is 4.52 Å². The minimum Gasteiger partial charge on any atom is -0.756 e. The molecule has 0 saturated heterocycles. The maximum Gasteiger partial charge on any atom is 0.320 e. The van der Waals surface area contributed by atoms with E-state index in [0.717, 1.165) is 0 Å². The Morgan fingerprint density at radius 3 is 2.17 bits per heavy atom. The van der Waals surface area contributed by atoms with E-state index in [-0.39, 0.29) is 13.2 Å². The molecule has 0 bridgehead atoms. The lowest BCUT2D eigenvalue weighted by Gasteiger charge is -2.28. The van der Waals surface area contributed by atoms with Crippen LogP contribution in [0.2, 0.25) is 0 Å². The average molecular weight is 371 g/mol. The fraction of sp³-hybridized carbons (Fsp3) is 0.833. The summed E-state index contributed by atoms with van der Waals surface area (Å²) in [6.07, 6.45) is -1.15. The molecule has 0 aliphatic heterocycles. The first-order chi connectivity index (χ1) is 11.0. The number of rotatable bonds is 12. The van der Waals surface area contributed by atoms with Gasteiger partial charge in [-0.25, -0.2) is 0 Å². The van der Waals surface area contributed by atoms with Gasteiger partial charge in [-0.3, -0.25) is 14.2 Å². The Labute approximate surface area is 141 Å². The highest BCUT2D eigenvalue weighted by molar-refractivity contribution is 7.45. The molecule has 12 heteroatoms. The summed E-state index contributed by atoms with van der Waals surface area (Å²) in [5.41, 5.74) is 10.2. The molecule has 0 aliphatic carbocycles. The Morgan fingerprint density at radius 1 is 1.08 bits per heavy atom. The van der Waals surface area contributed by atoms with E-state index in [9.17, 15) is 19.0 Å². The zero-order valence-electron chi connectivity index (χ0n) is 14.1. The molecular weight excluding hydrogens is 345 g/mol. The van der Waals surface area contributed by atoms with E-state index in [4.69, 9.17) is 25.5 Å². The zero-order valence-corrected chi connectivity index (χ0v) is 15.0. The van der Waals surface area contributed by atoms with Crippen LogP contribution >= 0.6 is 7.82 Å². The summed E-state index contributed by atoms with van der Waals surface area (Å²) in [4.78, 5) is 33.9. The van der Waals surface area contributed by atoms with Crippen molar-refractivity contribution in [2.24, 2.45) is 11.5 Å². The Balaban J connectivity index is 4.46. The molecule has 0 radical (unpaired) electrons. The molecule has 0 aromatic carbocycles. The quantitative estimate of drug-likeness (QED) is 0.214. The molecule has 0 heterocycles. The van der Waals surface area contributed by atoms with Crippen molar-refractivity contribution in [3.05, 3.63) is 0 Å². The summed E-state index contributed by atoms with van der Waals surface area (Å²) >= 11 is 0. The van der Waals surface area contributed by atoms with E-state index >= 15 is 0 Å². The Morgan fingerprint density at radius 2 is 1.67 bits per heavy atom. The number of esters is 2. The van der Waals surface area contributed by atoms with Crippen molar-refractivity contribution < 1.29 is 42.1 Å². The highest BCUT2D eigenvalue weighted by Crippen LogP contribution is 2.38. The summed E-state index contributed by atoms with van der Waals surface area (Å²) < 4.78 is 31.0. The molecule has 1 unspecified atom stereocenters. The third kappa shape index (κ3) is 12.4. The smallest absolute Gasteiger partial charge is 0.320 e. The molecule has 24 heavy (non-hydrogen) atoms. The van der Waals surface area contributed by atoms with Gasteiger partial charge in [0.1, 0.15) is 19.8 Å². The summed E-state index contributed by atoms with van der Waals surface area (Å²) in [5.74, 6) is -1.55. The number of likely N-dealkylation sites (N-methyl/N-ethyl adjacent to an activating group) is 1. The lowest BCUT2D eigenvalue weighted by atomic mass is 10.4. The fourth-order valence-electron chi connectivity index (χ4n) is 1.23. The second kappa shape index (κ2) is 10.7. The fourth-order valence-corrected chi connectivity index (χ4v) is 1.96. The van der Waals surface area contributed by atoms with Crippen LogP contribution in [0.1, 0.15) is 0 Å². The topological polar surface area (TPSA) is 163 Å². The number of nitrogens with two attached hydrogens (primary N) is 2.